The van der Waals surface area contributed by atoms with Crippen LogP contribution in [-0.2, 0) is 14.3 Å². The maximum Gasteiger partial charge on any atom is 0.534 e. The number of alkyl halides is 3. The quantitative estimate of drug-likeness (QED) is 0.407. The molecule has 2 rings (SSSR count). The van der Waals surface area contributed by atoms with Gasteiger partial charge in [0.2, 0.25) is 0 Å². The fourth-order valence-electron chi connectivity index (χ4n) is 3.21. The average molecular weight is 350 g/mol. The van der Waals surface area contributed by atoms with Crippen molar-refractivity contribution in [3.8, 4) is 0 Å². The van der Waals surface area contributed by atoms with E-state index in [9.17, 15) is 21.6 Å². The van der Waals surface area contributed by atoms with Gasteiger partial charge < -0.3 is 4.18 Å². The van der Waals surface area contributed by atoms with Crippen molar-refractivity contribution in [1.82, 2.24) is 0 Å². The van der Waals surface area contributed by atoms with Crippen LogP contribution in [0.4, 0.5) is 13.2 Å². The zero-order valence-corrected chi connectivity index (χ0v) is 14.4. The van der Waals surface area contributed by atoms with Gasteiger partial charge in [-0.15, -0.1) is 0 Å². The van der Waals surface area contributed by atoms with Crippen LogP contribution >= 0.6 is 0 Å². The highest BCUT2D eigenvalue weighted by atomic mass is 32.2. The van der Waals surface area contributed by atoms with Crippen molar-refractivity contribution in [2.24, 2.45) is 11.3 Å². The van der Waals surface area contributed by atoms with E-state index in [1.807, 2.05) is 6.92 Å². The maximum absolute atomic E-state index is 12.5. The first-order valence-electron chi connectivity index (χ1n) is 7.45. The maximum atomic E-state index is 12.5. The average Bonchev–Trinajstić information content (AvgIpc) is 2.38. The molecule has 23 heavy (non-hydrogen) atoms. The Morgan fingerprint density at radius 2 is 1.91 bits per heavy atom. The van der Waals surface area contributed by atoms with Gasteiger partial charge in [-0.3, -0.25) is 0 Å². The Labute approximate surface area is 135 Å². The minimum Gasteiger partial charge on any atom is -0.376 e. The van der Waals surface area contributed by atoms with Gasteiger partial charge in [-0.1, -0.05) is 30.6 Å². The largest absolute Gasteiger partial charge is 0.534 e. The third-order valence-electron chi connectivity index (χ3n) is 4.94. The van der Waals surface area contributed by atoms with Crippen molar-refractivity contribution in [2.45, 2.75) is 52.5 Å². The van der Waals surface area contributed by atoms with Crippen LogP contribution in [0.25, 0.3) is 0 Å². The minimum atomic E-state index is -5.62. The Morgan fingerprint density at radius 3 is 2.43 bits per heavy atom. The third kappa shape index (κ3) is 3.34. The van der Waals surface area contributed by atoms with E-state index >= 15 is 0 Å². The topological polar surface area (TPSA) is 43.4 Å². The minimum absolute atomic E-state index is 0.115. The molecule has 0 spiro atoms. The van der Waals surface area contributed by atoms with Gasteiger partial charge in [0.1, 0.15) is 5.76 Å². The summed E-state index contributed by atoms with van der Waals surface area (Å²) >= 11 is 0. The second kappa shape index (κ2) is 5.69. The van der Waals surface area contributed by atoms with Crippen molar-refractivity contribution in [3.63, 3.8) is 0 Å². The molecule has 2 atom stereocenters. The highest BCUT2D eigenvalue weighted by Gasteiger charge is 2.49. The van der Waals surface area contributed by atoms with Gasteiger partial charge >= 0.3 is 15.6 Å². The Balaban J connectivity index is 2.32. The van der Waals surface area contributed by atoms with Crippen molar-refractivity contribution in [2.75, 3.05) is 0 Å². The van der Waals surface area contributed by atoms with Crippen LogP contribution in [0.2, 0.25) is 0 Å². The Morgan fingerprint density at radius 1 is 1.30 bits per heavy atom. The molecule has 0 aromatic heterocycles. The van der Waals surface area contributed by atoms with Crippen LogP contribution in [0, 0.1) is 11.3 Å². The molecule has 7 heteroatoms. The van der Waals surface area contributed by atoms with Gasteiger partial charge in [-0.2, -0.15) is 21.6 Å². The molecule has 0 amide bonds. The van der Waals surface area contributed by atoms with E-state index in [1.165, 1.54) is 23.3 Å². The predicted octanol–water partition coefficient (Wildman–Crippen LogP) is 4.84. The molecule has 0 aromatic carbocycles. The predicted molar refractivity (Wildman–Crippen MR) is 81.7 cm³/mol. The van der Waals surface area contributed by atoms with E-state index in [0.717, 1.165) is 18.4 Å². The zero-order valence-electron chi connectivity index (χ0n) is 13.6. The highest BCUT2D eigenvalue weighted by molar-refractivity contribution is 7.87. The Bertz CT molecular complexity index is 695. The molecule has 0 unspecified atom stereocenters. The number of fused-ring (bicyclic) bond motifs is 1. The molecule has 0 radical (unpaired) electrons. The summed E-state index contributed by atoms with van der Waals surface area (Å²) in [6.45, 7) is 8.06. The first-order valence-corrected chi connectivity index (χ1v) is 8.86. The van der Waals surface area contributed by atoms with Gasteiger partial charge in [-0.05, 0) is 56.6 Å². The molecular formula is C16H21F3O3S. The van der Waals surface area contributed by atoms with Gasteiger partial charge in [-0.25, -0.2) is 0 Å². The standard InChI is InChI=1S/C16H21F3O3S/c1-10(2)12-5-6-13-8-14(7-11(3)15(13,4)9-12)22-23(20,21)16(17,18)19/h7-8,11H,5-6,9H2,1-4H3/t11-,15+/m1/s1. The van der Waals surface area contributed by atoms with Crippen LogP contribution < -0.4 is 0 Å². The monoisotopic (exact) mass is 350 g/mol. The van der Waals surface area contributed by atoms with Crippen LogP contribution in [0.15, 0.2) is 34.6 Å². The van der Waals surface area contributed by atoms with Crippen LogP contribution in [0.5, 0.6) is 0 Å². The summed E-state index contributed by atoms with van der Waals surface area (Å²) in [4.78, 5) is 0. The van der Waals surface area contributed by atoms with E-state index in [4.69, 9.17) is 0 Å². The summed E-state index contributed by atoms with van der Waals surface area (Å²) in [5.41, 5.74) is -2.05. The summed E-state index contributed by atoms with van der Waals surface area (Å²) in [7, 11) is -5.62. The van der Waals surface area contributed by atoms with Crippen molar-refractivity contribution in [3.05, 3.63) is 34.6 Å². The molecule has 0 aromatic rings. The molecule has 0 heterocycles. The molecule has 1 fully saturated rings. The van der Waals surface area contributed by atoms with Crippen molar-refractivity contribution >= 4 is 10.1 Å². The van der Waals surface area contributed by atoms with E-state index < -0.39 is 15.6 Å². The smallest absolute Gasteiger partial charge is 0.376 e. The van der Waals surface area contributed by atoms with Crippen LogP contribution in [0.3, 0.4) is 0 Å². The molecule has 2 aliphatic carbocycles. The molecule has 0 N–H and O–H groups in total. The zero-order chi connectivity index (χ0) is 17.6. The number of allylic oxidation sites excluding steroid dienone is 5. The van der Waals surface area contributed by atoms with Gasteiger partial charge in [0.15, 0.2) is 0 Å². The van der Waals surface area contributed by atoms with E-state index in [2.05, 4.69) is 25.0 Å². The first kappa shape index (κ1) is 18.1. The van der Waals surface area contributed by atoms with Gasteiger partial charge in [0.05, 0.1) is 0 Å². The molecule has 2 aliphatic rings. The lowest BCUT2D eigenvalue weighted by molar-refractivity contribution is -0.0520. The van der Waals surface area contributed by atoms with Gasteiger partial charge in [0, 0.05) is 0 Å². The van der Waals surface area contributed by atoms with Crippen LogP contribution in [0.1, 0.15) is 47.0 Å². The normalized spacial score (nSPS) is 28.7. The third-order valence-corrected chi connectivity index (χ3v) is 5.92. The summed E-state index contributed by atoms with van der Waals surface area (Å²) in [6, 6.07) is 0. The van der Waals surface area contributed by atoms with E-state index in [0.29, 0.717) is 6.42 Å². The highest BCUT2D eigenvalue weighted by Crippen LogP contribution is 2.52. The van der Waals surface area contributed by atoms with Gasteiger partial charge in [0.25, 0.3) is 0 Å². The lowest BCUT2D eigenvalue weighted by Crippen LogP contribution is -2.34. The lowest BCUT2D eigenvalue weighted by Gasteiger charge is -2.44. The number of rotatable bonds is 2. The van der Waals surface area contributed by atoms with Crippen LogP contribution in [-0.4, -0.2) is 13.9 Å². The second-order valence-electron chi connectivity index (χ2n) is 6.71. The second-order valence-corrected chi connectivity index (χ2v) is 8.25. The molecule has 0 saturated heterocycles. The van der Waals surface area contributed by atoms with E-state index in [1.54, 1.807) is 0 Å². The molecule has 130 valence electrons. The fourth-order valence-corrected chi connectivity index (χ4v) is 3.66. The van der Waals surface area contributed by atoms with E-state index in [-0.39, 0.29) is 17.1 Å². The molecule has 0 aliphatic heterocycles. The molecule has 0 bridgehead atoms. The molecule has 3 nitrogen and oxygen atoms in total. The molecule has 1 saturated carbocycles. The Kier molecular flexibility index (Phi) is 4.47. The number of halogens is 3. The van der Waals surface area contributed by atoms with Crippen molar-refractivity contribution < 1.29 is 25.8 Å². The van der Waals surface area contributed by atoms with Crippen molar-refractivity contribution in [1.29, 1.82) is 0 Å². The Hall–Kier alpha value is -1.24. The summed E-state index contributed by atoms with van der Waals surface area (Å²) in [5.74, 6) is -0.349. The number of hydrogen-bond donors (Lipinski definition) is 0. The molecular weight excluding hydrogens is 329 g/mol. The lowest BCUT2D eigenvalue weighted by atomic mass is 9.61. The SMILES string of the molecule is CC(C)=C1CCC2=CC(OS(=O)(=O)C(F)(F)F)=C[C@@H](C)[C@]2(C)C1. The summed E-state index contributed by atoms with van der Waals surface area (Å²) < 4.78 is 64.1. The first-order chi connectivity index (χ1) is 10.4. The summed E-state index contributed by atoms with van der Waals surface area (Å²) in [5, 5.41) is 0. The summed E-state index contributed by atoms with van der Waals surface area (Å²) in [6.07, 6.45) is 5.31. The fraction of sp³-hybridized carbons (Fsp3) is 0.625. The number of hydrogen-bond acceptors (Lipinski definition) is 3.